The van der Waals surface area contributed by atoms with Crippen molar-refractivity contribution in [3.05, 3.63) is 89.2 Å². The van der Waals surface area contributed by atoms with Crippen LogP contribution in [0.5, 0.6) is 0 Å². The summed E-state index contributed by atoms with van der Waals surface area (Å²) in [6.45, 7) is 4.57. The molecule has 0 amide bonds. The van der Waals surface area contributed by atoms with E-state index >= 15 is 0 Å². The number of carbonyl (C=O) groups excluding carboxylic acids is 1. The molecule has 3 aromatic rings. The summed E-state index contributed by atoms with van der Waals surface area (Å²) in [6.07, 6.45) is 0. The van der Waals surface area contributed by atoms with E-state index in [9.17, 15) is 9.35 Å². The standard InChI is InChI=1S/C21H21NO2S/c1-16-15-20(21(23)18-9-5-3-6-10-18)17(2)22(16)13-14-25(24)19-11-7-4-8-12-19/h3-12,15H,13-14H2,1-2H3. The Bertz CT molecular complexity index is 856. The van der Waals surface area contributed by atoms with Crippen LogP contribution in [0.25, 0.3) is 0 Å². The Balaban J connectivity index is 1.77. The summed E-state index contributed by atoms with van der Waals surface area (Å²) in [5, 5.41) is 0. The molecule has 3 nitrogen and oxygen atoms in total. The lowest BCUT2D eigenvalue weighted by Gasteiger charge is -2.13. The molecule has 1 unspecified atom stereocenters. The van der Waals surface area contributed by atoms with E-state index < -0.39 is 11.2 Å². The third kappa shape index (κ3) is 3.86. The molecule has 0 fully saturated rings. The smallest absolute Gasteiger partial charge is 0.194 e. The van der Waals surface area contributed by atoms with E-state index in [0.29, 0.717) is 23.4 Å². The summed E-state index contributed by atoms with van der Waals surface area (Å²) in [4.78, 5) is 13.6. The second-order valence-corrected chi connectivity index (χ2v) is 7.56. The minimum absolute atomic E-state index is 0.0316. The van der Waals surface area contributed by atoms with Gasteiger partial charge in [-0.2, -0.15) is 0 Å². The molecule has 0 aliphatic heterocycles. The maximum atomic E-state index is 12.7. The fraction of sp³-hybridized carbons (Fsp3) is 0.190. The first-order valence-corrected chi connectivity index (χ1v) is 9.59. The molecule has 25 heavy (non-hydrogen) atoms. The number of aromatic nitrogens is 1. The summed E-state index contributed by atoms with van der Waals surface area (Å²) in [6, 6.07) is 20.7. The van der Waals surface area contributed by atoms with Crippen molar-refractivity contribution >= 4 is 17.0 Å². The number of nitrogens with zero attached hydrogens (tertiary/aromatic N) is 1. The van der Waals surface area contributed by atoms with Gasteiger partial charge in [0, 0.05) is 22.5 Å². The summed E-state index contributed by atoms with van der Waals surface area (Å²) < 4.78 is 14.5. The summed E-state index contributed by atoms with van der Waals surface area (Å²) in [5.41, 5.74) is 3.35. The summed E-state index contributed by atoms with van der Waals surface area (Å²) in [5.74, 6) is 0.559. The molecular formula is C21H21NO2S. The van der Waals surface area contributed by atoms with Crippen LogP contribution in [0, 0.1) is 13.8 Å². The van der Waals surface area contributed by atoms with Gasteiger partial charge in [-0.25, -0.2) is 0 Å². The summed E-state index contributed by atoms with van der Waals surface area (Å²) >= 11 is -1.04. The maximum absolute atomic E-state index is 12.7. The number of hydrogen-bond acceptors (Lipinski definition) is 2. The van der Waals surface area contributed by atoms with Crippen molar-refractivity contribution in [1.29, 1.82) is 0 Å². The van der Waals surface area contributed by atoms with Crippen LogP contribution in [0.1, 0.15) is 27.3 Å². The molecule has 1 aromatic heterocycles. The number of carbonyl (C=O) groups is 1. The van der Waals surface area contributed by atoms with Gasteiger partial charge in [-0.3, -0.25) is 4.79 Å². The highest BCUT2D eigenvalue weighted by Gasteiger charge is 2.18. The first-order chi connectivity index (χ1) is 12.1. The number of rotatable bonds is 6. The highest BCUT2D eigenvalue weighted by atomic mass is 32.2. The number of ketones is 1. The maximum Gasteiger partial charge on any atom is 0.194 e. The zero-order chi connectivity index (χ0) is 17.8. The lowest BCUT2D eigenvalue weighted by atomic mass is 10.0. The first-order valence-electron chi connectivity index (χ1n) is 8.28. The van der Waals surface area contributed by atoms with Gasteiger partial charge >= 0.3 is 0 Å². The average molecular weight is 351 g/mol. The Morgan fingerprint density at radius 2 is 1.60 bits per heavy atom. The van der Waals surface area contributed by atoms with Crippen LogP contribution in [0.4, 0.5) is 0 Å². The largest absolute Gasteiger partial charge is 0.611 e. The third-order valence-electron chi connectivity index (χ3n) is 4.36. The zero-order valence-corrected chi connectivity index (χ0v) is 15.3. The monoisotopic (exact) mass is 351 g/mol. The van der Waals surface area contributed by atoms with E-state index in [1.807, 2.05) is 80.6 Å². The number of benzene rings is 2. The Hall–Kier alpha value is -2.30. The number of aryl methyl sites for hydroxylation is 1. The fourth-order valence-corrected chi connectivity index (χ4v) is 4.03. The van der Waals surface area contributed by atoms with Crippen LogP contribution in [0.2, 0.25) is 0 Å². The molecule has 3 rings (SSSR count). The second-order valence-electron chi connectivity index (χ2n) is 5.99. The molecule has 0 bridgehead atoms. The lowest BCUT2D eigenvalue weighted by Crippen LogP contribution is -2.15. The Morgan fingerprint density at radius 3 is 2.24 bits per heavy atom. The molecule has 1 atom stereocenters. The summed E-state index contributed by atoms with van der Waals surface area (Å²) in [7, 11) is 0. The van der Waals surface area contributed by atoms with Crippen LogP contribution in [0.15, 0.2) is 71.6 Å². The van der Waals surface area contributed by atoms with Gasteiger partial charge in [-0.15, -0.1) is 0 Å². The van der Waals surface area contributed by atoms with Gasteiger partial charge in [0.1, 0.15) is 5.75 Å². The van der Waals surface area contributed by atoms with Crippen LogP contribution in [-0.4, -0.2) is 20.7 Å². The van der Waals surface area contributed by atoms with Crippen molar-refractivity contribution in [2.75, 3.05) is 5.75 Å². The molecule has 128 valence electrons. The van der Waals surface area contributed by atoms with Crippen LogP contribution < -0.4 is 0 Å². The van der Waals surface area contributed by atoms with E-state index in [1.165, 1.54) is 0 Å². The van der Waals surface area contributed by atoms with Crippen molar-refractivity contribution in [2.45, 2.75) is 25.3 Å². The highest BCUT2D eigenvalue weighted by Crippen LogP contribution is 2.20. The molecule has 0 radical (unpaired) electrons. The first kappa shape index (κ1) is 17.5. The Labute approximate surface area is 151 Å². The second kappa shape index (κ2) is 7.72. The Kier molecular flexibility index (Phi) is 5.41. The number of hydrogen-bond donors (Lipinski definition) is 0. The van der Waals surface area contributed by atoms with Crippen molar-refractivity contribution in [3.63, 3.8) is 0 Å². The van der Waals surface area contributed by atoms with Crippen molar-refractivity contribution in [3.8, 4) is 0 Å². The normalized spacial score (nSPS) is 12.1. The molecule has 0 N–H and O–H groups in total. The quantitative estimate of drug-likeness (QED) is 0.495. The van der Waals surface area contributed by atoms with Gasteiger partial charge in [0.15, 0.2) is 10.7 Å². The Morgan fingerprint density at radius 1 is 1.00 bits per heavy atom. The molecular weight excluding hydrogens is 330 g/mol. The minimum atomic E-state index is -1.04. The van der Waals surface area contributed by atoms with Crippen molar-refractivity contribution < 1.29 is 9.35 Å². The molecule has 0 aliphatic rings. The molecule has 0 saturated carbocycles. The van der Waals surface area contributed by atoms with Gasteiger partial charge in [0.2, 0.25) is 0 Å². The van der Waals surface area contributed by atoms with Gasteiger partial charge in [0.05, 0.1) is 6.54 Å². The predicted molar refractivity (Wildman–Crippen MR) is 101 cm³/mol. The highest BCUT2D eigenvalue weighted by molar-refractivity contribution is 7.91. The van der Waals surface area contributed by atoms with Gasteiger partial charge in [-0.1, -0.05) is 48.5 Å². The van der Waals surface area contributed by atoms with Crippen molar-refractivity contribution in [1.82, 2.24) is 4.57 Å². The zero-order valence-electron chi connectivity index (χ0n) is 14.4. The molecule has 4 heteroatoms. The average Bonchev–Trinajstić information content (AvgIpc) is 2.94. The van der Waals surface area contributed by atoms with Crippen molar-refractivity contribution in [2.24, 2.45) is 0 Å². The SMILES string of the molecule is Cc1cc(C(=O)c2ccccc2)c(C)n1CC[S+]([O-])c1ccccc1. The molecule has 1 heterocycles. The van der Waals surface area contributed by atoms with Gasteiger partial charge in [0.25, 0.3) is 0 Å². The predicted octanol–water partition coefficient (Wildman–Crippen LogP) is 4.14. The molecule has 0 spiro atoms. The van der Waals surface area contributed by atoms with E-state index in [1.54, 1.807) is 0 Å². The minimum Gasteiger partial charge on any atom is -0.611 e. The van der Waals surface area contributed by atoms with E-state index in [2.05, 4.69) is 4.57 Å². The third-order valence-corrected chi connectivity index (χ3v) is 5.71. The molecule has 2 aromatic carbocycles. The molecule has 0 saturated heterocycles. The van der Waals surface area contributed by atoms with E-state index in [4.69, 9.17) is 0 Å². The van der Waals surface area contributed by atoms with Gasteiger partial charge < -0.3 is 9.12 Å². The van der Waals surface area contributed by atoms with Crippen LogP contribution in [-0.2, 0) is 17.7 Å². The van der Waals surface area contributed by atoms with Crippen LogP contribution in [0.3, 0.4) is 0 Å². The topological polar surface area (TPSA) is 45.1 Å². The molecule has 0 aliphatic carbocycles. The lowest BCUT2D eigenvalue weighted by molar-refractivity contribution is 0.103. The van der Waals surface area contributed by atoms with E-state index in [-0.39, 0.29) is 5.78 Å². The fourth-order valence-electron chi connectivity index (χ4n) is 2.98. The van der Waals surface area contributed by atoms with E-state index in [0.717, 1.165) is 16.3 Å². The van der Waals surface area contributed by atoms with Gasteiger partial charge in [-0.05, 0) is 43.2 Å². The van der Waals surface area contributed by atoms with Crippen LogP contribution >= 0.6 is 0 Å².